The zero-order chi connectivity index (χ0) is 18.2. The van der Waals surface area contributed by atoms with E-state index in [0.717, 1.165) is 44.5 Å². The van der Waals surface area contributed by atoms with Crippen molar-refractivity contribution in [2.45, 2.75) is 52.3 Å². The van der Waals surface area contributed by atoms with E-state index in [1.165, 1.54) is 0 Å². The van der Waals surface area contributed by atoms with Crippen LogP contribution in [0, 0.1) is 25.7 Å². The Morgan fingerprint density at radius 2 is 2.00 bits per heavy atom. The zero-order valence-corrected chi connectivity index (χ0v) is 15.0. The maximum Gasteiger partial charge on any atom is 0.451 e. The van der Waals surface area contributed by atoms with Crippen LogP contribution in [-0.4, -0.2) is 35.6 Å². The number of aryl methyl sites for hydroxylation is 1. The van der Waals surface area contributed by atoms with Crippen LogP contribution in [0.3, 0.4) is 0 Å². The number of hydrogen-bond donors (Lipinski definition) is 2. The Labute approximate surface area is 146 Å². The van der Waals surface area contributed by atoms with Crippen LogP contribution >= 0.6 is 0 Å². The molecule has 2 aliphatic heterocycles. The molecule has 0 radical (unpaired) electrons. The first-order valence-electron chi connectivity index (χ1n) is 8.97. The topological polar surface area (TPSA) is 53.1 Å². The van der Waals surface area contributed by atoms with Crippen molar-refractivity contribution in [3.63, 3.8) is 0 Å². The minimum atomic E-state index is -4.52. The summed E-state index contributed by atoms with van der Waals surface area (Å²) in [6, 6.07) is 0.359. The summed E-state index contributed by atoms with van der Waals surface area (Å²) in [5.41, 5.74) is 7.73. The molecule has 2 aliphatic rings. The molecule has 3 atom stereocenters. The lowest BCUT2D eigenvalue weighted by molar-refractivity contribution is -0.145. The molecular formula is C17H26F3N5. The number of hydrogen-bond acceptors (Lipinski definition) is 5. The molecule has 5 nitrogen and oxygen atoms in total. The average Bonchev–Trinajstić information content (AvgIpc) is 3.05. The molecule has 0 bridgehead atoms. The van der Waals surface area contributed by atoms with Crippen molar-refractivity contribution < 1.29 is 13.2 Å². The molecule has 0 amide bonds. The molecule has 2 saturated heterocycles. The average molecular weight is 357 g/mol. The van der Waals surface area contributed by atoms with Gasteiger partial charge in [-0.1, -0.05) is 13.3 Å². The van der Waals surface area contributed by atoms with E-state index in [2.05, 4.69) is 27.7 Å². The lowest BCUT2D eigenvalue weighted by Crippen LogP contribution is -2.47. The Bertz CT molecular complexity index is 619. The number of alkyl halides is 3. The molecular weight excluding hydrogens is 331 g/mol. The van der Waals surface area contributed by atoms with Crippen LogP contribution in [0.4, 0.5) is 19.0 Å². The second-order valence-corrected chi connectivity index (χ2v) is 7.15. The number of hydrazine groups is 1. The van der Waals surface area contributed by atoms with Gasteiger partial charge in [0.1, 0.15) is 5.82 Å². The van der Waals surface area contributed by atoms with Crippen molar-refractivity contribution in [3.05, 3.63) is 17.1 Å². The van der Waals surface area contributed by atoms with Crippen LogP contribution < -0.4 is 15.8 Å². The number of aromatic nitrogens is 2. The fraction of sp³-hybridized carbons (Fsp3) is 0.765. The van der Waals surface area contributed by atoms with Gasteiger partial charge in [-0.05, 0) is 38.5 Å². The van der Waals surface area contributed by atoms with E-state index in [1.807, 2.05) is 4.90 Å². The Kier molecular flexibility index (Phi) is 5.20. The molecule has 25 heavy (non-hydrogen) atoms. The van der Waals surface area contributed by atoms with Crippen LogP contribution in [0.15, 0.2) is 0 Å². The SMILES string of the molecule is CCC1CNNC1C1CCCN(c2nc(C(F)(F)F)nc(C)c2C)C1. The Hall–Kier alpha value is -1.41. The maximum atomic E-state index is 13.1. The molecule has 1 aromatic heterocycles. The molecule has 1 aromatic rings. The van der Waals surface area contributed by atoms with Crippen LogP contribution in [0.25, 0.3) is 0 Å². The highest BCUT2D eigenvalue weighted by Gasteiger charge is 2.38. The smallest absolute Gasteiger partial charge is 0.356 e. The van der Waals surface area contributed by atoms with E-state index >= 15 is 0 Å². The number of nitrogens with zero attached hydrogens (tertiary/aromatic N) is 3. The van der Waals surface area contributed by atoms with E-state index in [9.17, 15) is 13.2 Å². The highest BCUT2D eigenvalue weighted by atomic mass is 19.4. The predicted molar refractivity (Wildman–Crippen MR) is 90.2 cm³/mol. The van der Waals surface area contributed by atoms with Gasteiger partial charge in [0.15, 0.2) is 0 Å². The van der Waals surface area contributed by atoms with Crippen LogP contribution in [0.1, 0.15) is 43.3 Å². The first kappa shape index (κ1) is 18.4. The van der Waals surface area contributed by atoms with Gasteiger partial charge in [0.25, 0.3) is 0 Å². The zero-order valence-electron chi connectivity index (χ0n) is 15.0. The molecule has 3 unspecified atom stereocenters. The normalized spacial score (nSPS) is 27.8. The van der Waals surface area contributed by atoms with E-state index in [4.69, 9.17) is 0 Å². The van der Waals surface area contributed by atoms with Gasteiger partial charge in [-0.25, -0.2) is 9.97 Å². The monoisotopic (exact) mass is 357 g/mol. The number of halogens is 3. The van der Waals surface area contributed by atoms with Crippen molar-refractivity contribution >= 4 is 5.82 Å². The Morgan fingerprint density at radius 3 is 2.68 bits per heavy atom. The van der Waals surface area contributed by atoms with Gasteiger partial charge in [0.2, 0.25) is 5.82 Å². The minimum Gasteiger partial charge on any atom is -0.356 e. The lowest BCUT2D eigenvalue weighted by Gasteiger charge is -2.38. The molecule has 3 rings (SSSR count). The van der Waals surface area contributed by atoms with E-state index in [1.54, 1.807) is 13.8 Å². The fourth-order valence-electron chi connectivity index (χ4n) is 4.00. The summed E-state index contributed by atoms with van der Waals surface area (Å²) in [4.78, 5) is 9.53. The molecule has 140 valence electrons. The quantitative estimate of drug-likeness (QED) is 0.871. The third kappa shape index (κ3) is 3.74. The first-order valence-corrected chi connectivity index (χ1v) is 8.97. The molecule has 2 fully saturated rings. The molecule has 0 aliphatic carbocycles. The van der Waals surface area contributed by atoms with Gasteiger partial charge in [-0.3, -0.25) is 10.9 Å². The summed E-state index contributed by atoms with van der Waals surface area (Å²) >= 11 is 0. The van der Waals surface area contributed by atoms with Crippen LogP contribution in [0.5, 0.6) is 0 Å². The van der Waals surface area contributed by atoms with Crippen LogP contribution in [0.2, 0.25) is 0 Å². The molecule has 0 aromatic carbocycles. The van der Waals surface area contributed by atoms with Gasteiger partial charge in [-0.15, -0.1) is 0 Å². The number of nitrogens with one attached hydrogen (secondary N) is 2. The molecule has 0 spiro atoms. The third-order valence-electron chi connectivity index (χ3n) is 5.55. The van der Waals surface area contributed by atoms with E-state index < -0.39 is 12.0 Å². The van der Waals surface area contributed by atoms with E-state index in [0.29, 0.717) is 29.4 Å². The first-order chi connectivity index (χ1) is 11.8. The third-order valence-corrected chi connectivity index (χ3v) is 5.55. The van der Waals surface area contributed by atoms with Gasteiger partial charge in [0.05, 0.1) is 0 Å². The van der Waals surface area contributed by atoms with Crippen LogP contribution in [-0.2, 0) is 6.18 Å². The van der Waals surface area contributed by atoms with Gasteiger partial charge in [0, 0.05) is 36.9 Å². The highest BCUT2D eigenvalue weighted by molar-refractivity contribution is 5.49. The number of piperidine rings is 1. The predicted octanol–water partition coefficient (Wildman–Crippen LogP) is 2.83. The fourth-order valence-corrected chi connectivity index (χ4v) is 4.00. The van der Waals surface area contributed by atoms with Gasteiger partial charge in [-0.2, -0.15) is 13.2 Å². The lowest BCUT2D eigenvalue weighted by atomic mass is 9.83. The van der Waals surface area contributed by atoms with Gasteiger partial charge >= 0.3 is 6.18 Å². The largest absolute Gasteiger partial charge is 0.451 e. The van der Waals surface area contributed by atoms with E-state index in [-0.39, 0.29) is 0 Å². The highest BCUT2D eigenvalue weighted by Crippen LogP contribution is 2.33. The second kappa shape index (κ2) is 7.07. The Morgan fingerprint density at radius 1 is 1.24 bits per heavy atom. The maximum absolute atomic E-state index is 13.1. The summed E-state index contributed by atoms with van der Waals surface area (Å²) < 4.78 is 39.3. The van der Waals surface area contributed by atoms with Crippen molar-refractivity contribution in [3.8, 4) is 0 Å². The molecule has 0 saturated carbocycles. The molecule has 8 heteroatoms. The number of rotatable bonds is 3. The summed E-state index contributed by atoms with van der Waals surface area (Å²) in [5, 5.41) is 0. The minimum absolute atomic E-state index is 0.359. The standard InChI is InChI=1S/C17H26F3N5/c1-4-12-8-21-24-14(12)13-6-5-7-25(9-13)15-10(2)11(3)22-16(23-15)17(18,19)20/h12-14,21,24H,4-9H2,1-3H3. The summed E-state index contributed by atoms with van der Waals surface area (Å²) in [6.07, 6.45) is -1.39. The van der Waals surface area contributed by atoms with Crippen molar-refractivity contribution in [2.75, 3.05) is 24.5 Å². The summed E-state index contributed by atoms with van der Waals surface area (Å²) in [6.45, 7) is 8.01. The second-order valence-electron chi connectivity index (χ2n) is 7.15. The van der Waals surface area contributed by atoms with Crippen molar-refractivity contribution in [2.24, 2.45) is 11.8 Å². The van der Waals surface area contributed by atoms with Gasteiger partial charge < -0.3 is 4.90 Å². The molecule has 2 N–H and O–H groups in total. The number of anilines is 1. The summed E-state index contributed by atoms with van der Waals surface area (Å²) in [7, 11) is 0. The molecule has 3 heterocycles. The van der Waals surface area contributed by atoms with Crippen molar-refractivity contribution in [1.29, 1.82) is 0 Å². The Balaban J connectivity index is 1.85. The summed E-state index contributed by atoms with van der Waals surface area (Å²) in [5.74, 6) is 0.352. The van der Waals surface area contributed by atoms with Crippen molar-refractivity contribution in [1.82, 2.24) is 20.8 Å².